The number of nitrogens with zero attached hydrogens (tertiary/aromatic N) is 1. The highest BCUT2D eigenvalue weighted by atomic mass is 16.4. The third-order valence-electron chi connectivity index (χ3n) is 5.32. The van der Waals surface area contributed by atoms with E-state index in [0.29, 0.717) is 31.4 Å². The highest BCUT2D eigenvalue weighted by Crippen LogP contribution is 2.12. The fraction of sp³-hybridized carbons (Fsp3) is 0.522. The number of carboxylic acid groups (broad SMARTS) is 1. The van der Waals surface area contributed by atoms with Crippen LogP contribution < -0.4 is 38.9 Å². The Balaban J connectivity index is 2.83. The van der Waals surface area contributed by atoms with E-state index in [4.69, 9.17) is 22.9 Å². The number of benzene rings is 1. The number of amides is 3. The number of nitrogens with one attached hydrogen (secondary N) is 3. The molecule has 0 fully saturated rings. The largest absolute Gasteiger partial charge is 0.508 e. The fourth-order valence-electron chi connectivity index (χ4n) is 3.29. The molecule has 0 saturated carbocycles. The number of carbonyl (C=O) groups is 4. The molecule has 0 saturated heterocycles. The van der Waals surface area contributed by atoms with Gasteiger partial charge >= 0.3 is 5.97 Å². The van der Waals surface area contributed by atoms with E-state index in [0.717, 1.165) is 6.42 Å². The van der Waals surface area contributed by atoms with Gasteiger partial charge in [0.25, 0.3) is 0 Å². The SMILES string of the molecule is NCCCCC(N)C(=O)NCC(=O)NC(Cc1ccc(O)cc1)C(=O)NC(CCCN=C(N)N)C(=O)O. The van der Waals surface area contributed by atoms with Crippen molar-refractivity contribution in [2.45, 2.75) is 56.7 Å². The van der Waals surface area contributed by atoms with E-state index in [1.165, 1.54) is 12.1 Å². The summed E-state index contributed by atoms with van der Waals surface area (Å²) in [6.45, 7) is 0.244. The molecule has 3 amide bonds. The van der Waals surface area contributed by atoms with E-state index in [1.54, 1.807) is 12.1 Å². The van der Waals surface area contributed by atoms with Crippen LogP contribution in [0.1, 0.15) is 37.7 Å². The van der Waals surface area contributed by atoms with Crippen molar-refractivity contribution in [1.29, 1.82) is 0 Å². The Morgan fingerprint density at radius 3 is 2.19 bits per heavy atom. The molecule has 0 radical (unpaired) electrons. The maximum Gasteiger partial charge on any atom is 0.326 e. The third-order valence-corrected chi connectivity index (χ3v) is 5.32. The zero-order valence-electron chi connectivity index (χ0n) is 20.7. The van der Waals surface area contributed by atoms with Gasteiger partial charge in [-0.05, 0) is 49.9 Å². The monoisotopic (exact) mass is 522 g/mol. The lowest BCUT2D eigenvalue weighted by Gasteiger charge is -2.22. The first kappa shape index (κ1) is 31.1. The molecule has 14 heteroatoms. The van der Waals surface area contributed by atoms with Crippen LogP contribution in [0, 0.1) is 0 Å². The molecular weight excluding hydrogens is 484 g/mol. The summed E-state index contributed by atoms with van der Waals surface area (Å²) in [4.78, 5) is 53.1. The number of aliphatic carboxylic acids is 1. The molecule has 3 atom stereocenters. The van der Waals surface area contributed by atoms with Crippen LogP contribution in [-0.2, 0) is 25.6 Å². The Labute approximate surface area is 215 Å². The molecule has 0 aromatic heterocycles. The van der Waals surface area contributed by atoms with Crippen molar-refractivity contribution >= 4 is 29.7 Å². The van der Waals surface area contributed by atoms with Crippen LogP contribution >= 0.6 is 0 Å². The van der Waals surface area contributed by atoms with Gasteiger partial charge in [0.05, 0.1) is 12.6 Å². The first-order chi connectivity index (χ1) is 17.5. The molecule has 1 rings (SSSR count). The van der Waals surface area contributed by atoms with E-state index >= 15 is 0 Å². The van der Waals surface area contributed by atoms with Crippen molar-refractivity contribution in [1.82, 2.24) is 16.0 Å². The summed E-state index contributed by atoms with van der Waals surface area (Å²) in [5, 5.41) is 26.4. The van der Waals surface area contributed by atoms with Gasteiger partial charge in [0.15, 0.2) is 5.96 Å². The third kappa shape index (κ3) is 13.1. The lowest BCUT2D eigenvalue weighted by Crippen LogP contribution is -2.54. The summed E-state index contributed by atoms with van der Waals surface area (Å²) in [6, 6.07) is 2.76. The van der Waals surface area contributed by atoms with Gasteiger partial charge in [0.2, 0.25) is 17.7 Å². The minimum Gasteiger partial charge on any atom is -0.508 e. The van der Waals surface area contributed by atoms with Crippen molar-refractivity contribution in [3.05, 3.63) is 29.8 Å². The van der Waals surface area contributed by atoms with Crippen LogP contribution in [0.3, 0.4) is 0 Å². The smallest absolute Gasteiger partial charge is 0.326 e. The molecule has 0 spiro atoms. The molecule has 0 heterocycles. The summed E-state index contributed by atoms with van der Waals surface area (Å²) in [5.74, 6) is -3.29. The summed E-state index contributed by atoms with van der Waals surface area (Å²) in [7, 11) is 0. The minimum absolute atomic E-state index is 0.00470. The molecule has 0 bridgehead atoms. The van der Waals surface area contributed by atoms with Gasteiger partial charge in [0, 0.05) is 13.0 Å². The highest BCUT2D eigenvalue weighted by Gasteiger charge is 2.27. The summed E-state index contributed by atoms with van der Waals surface area (Å²) < 4.78 is 0. The van der Waals surface area contributed by atoms with E-state index in [1.807, 2.05) is 0 Å². The number of carboxylic acids is 1. The van der Waals surface area contributed by atoms with Crippen molar-refractivity contribution in [3.8, 4) is 5.75 Å². The van der Waals surface area contributed by atoms with Gasteiger partial charge in [-0.2, -0.15) is 0 Å². The number of hydrogen-bond acceptors (Lipinski definition) is 8. The summed E-state index contributed by atoms with van der Waals surface area (Å²) in [5.41, 5.74) is 22.3. The van der Waals surface area contributed by atoms with Crippen LogP contribution in [0.2, 0.25) is 0 Å². The zero-order chi connectivity index (χ0) is 27.8. The normalized spacial score (nSPS) is 13.0. The van der Waals surface area contributed by atoms with Crippen LogP contribution in [0.5, 0.6) is 5.75 Å². The number of aliphatic imine (C=N–C) groups is 1. The lowest BCUT2D eigenvalue weighted by molar-refractivity contribution is -0.142. The topological polar surface area (TPSA) is 261 Å². The van der Waals surface area contributed by atoms with Crippen molar-refractivity contribution in [2.24, 2.45) is 27.9 Å². The quantitative estimate of drug-likeness (QED) is 0.0595. The number of phenols is 1. The second-order valence-corrected chi connectivity index (χ2v) is 8.45. The van der Waals surface area contributed by atoms with Gasteiger partial charge in [-0.1, -0.05) is 18.6 Å². The zero-order valence-corrected chi connectivity index (χ0v) is 20.7. The molecule has 0 aliphatic heterocycles. The maximum absolute atomic E-state index is 13.0. The van der Waals surface area contributed by atoms with Crippen molar-refractivity contribution in [3.63, 3.8) is 0 Å². The van der Waals surface area contributed by atoms with Gasteiger partial charge < -0.3 is 49.1 Å². The fourth-order valence-corrected chi connectivity index (χ4v) is 3.29. The molecular formula is C23H38N8O6. The van der Waals surface area contributed by atoms with E-state index < -0.39 is 48.4 Å². The molecule has 3 unspecified atom stereocenters. The predicted molar refractivity (Wildman–Crippen MR) is 137 cm³/mol. The Bertz CT molecular complexity index is 920. The van der Waals surface area contributed by atoms with Crippen LogP contribution in [0.25, 0.3) is 0 Å². The number of rotatable bonds is 17. The van der Waals surface area contributed by atoms with Crippen LogP contribution in [-0.4, -0.2) is 77.6 Å². The Hall–Kier alpha value is -3.91. The summed E-state index contributed by atoms with van der Waals surface area (Å²) in [6.07, 6.45) is 2.16. The molecule has 14 nitrogen and oxygen atoms in total. The number of unbranched alkanes of at least 4 members (excludes halogenated alkanes) is 1. The maximum atomic E-state index is 13.0. The second-order valence-electron chi connectivity index (χ2n) is 8.45. The number of aromatic hydroxyl groups is 1. The Kier molecular flexibility index (Phi) is 14.1. The number of guanidine groups is 1. The van der Waals surface area contributed by atoms with E-state index in [-0.39, 0.29) is 31.1 Å². The molecule has 13 N–H and O–H groups in total. The van der Waals surface area contributed by atoms with Gasteiger partial charge in [0.1, 0.15) is 17.8 Å². The van der Waals surface area contributed by atoms with E-state index in [2.05, 4.69) is 20.9 Å². The van der Waals surface area contributed by atoms with Crippen LogP contribution in [0.4, 0.5) is 0 Å². The second kappa shape index (κ2) is 16.7. The van der Waals surface area contributed by atoms with Gasteiger partial charge in [-0.25, -0.2) is 4.79 Å². The van der Waals surface area contributed by atoms with Gasteiger partial charge in [-0.3, -0.25) is 19.4 Å². The summed E-state index contributed by atoms with van der Waals surface area (Å²) >= 11 is 0. The van der Waals surface area contributed by atoms with Gasteiger partial charge in [-0.15, -0.1) is 0 Å². The van der Waals surface area contributed by atoms with Crippen LogP contribution in [0.15, 0.2) is 29.3 Å². The minimum atomic E-state index is -1.26. The molecule has 0 aliphatic rings. The average molecular weight is 523 g/mol. The van der Waals surface area contributed by atoms with Crippen molar-refractivity contribution in [2.75, 3.05) is 19.6 Å². The number of nitrogens with two attached hydrogens (primary N) is 4. The Morgan fingerprint density at radius 1 is 0.919 bits per heavy atom. The average Bonchev–Trinajstić information content (AvgIpc) is 2.84. The first-order valence-corrected chi connectivity index (χ1v) is 11.9. The standard InChI is InChI=1S/C23H38N8O6/c24-10-2-1-4-16(25)20(34)29-13-19(33)30-18(12-14-6-8-15(32)9-7-14)21(35)31-17(22(36)37)5-3-11-28-23(26)27/h6-9,16-18,32H,1-5,10-13,24-25H2,(H,29,34)(H,30,33)(H,31,35)(H,36,37)(H4,26,27,28). The molecule has 1 aromatic rings. The molecule has 37 heavy (non-hydrogen) atoms. The number of hydrogen-bond donors (Lipinski definition) is 9. The number of phenolic OH excluding ortho intramolecular Hbond substituents is 1. The predicted octanol–water partition coefficient (Wildman–Crippen LogP) is -2.38. The first-order valence-electron chi connectivity index (χ1n) is 11.9. The lowest BCUT2D eigenvalue weighted by atomic mass is 10.0. The van der Waals surface area contributed by atoms with E-state index in [9.17, 15) is 29.4 Å². The molecule has 206 valence electrons. The molecule has 1 aromatic carbocycles. The Morgan fingerprint density at radius 2 is 1.59 bits per heavy atom. The highest BCUT2D eigenvalue weighted by molar-refractivity contribution is 5.92. The van der Waals surface area contributed by atoms with Crippen molar-refractivity contribution < 1.29 is 29.4 Å². The number of carbonyl (C=O) groups excluding carboxylic acids is 3. The molecule has 0 aliphatic carbocycles.